The van der Waals surface area contributed by atoms with Gasteiger partial charge in [-0.3, -0.25) is 0 Å². The van der Waals surface area contributed by atoms with Crippen molar-refractivity contribution in [2.24, 2.45) is 10.2 Å². The third-order valence-electron chi connectivity index (χ3n) is 2.83. The lowest BCUT2D eigenvalue weighted by Crippen LogP contribution is -1.92. The fourth-order valence-corrected chi connectivity index (χ4v) is 2.12. The summed E-state index contributed by atoms with van der Waals surface area (Å²) >= 11 is 0. The predicted octanol–water partition coefficient (Wildman–Crippen LogP) is 4.29. The van der Waals surface area contributed by atoms with E-state index in [0.29, 0.717) is 0 Å². The molecular formula is C15H16N2O. The zero-order chi connectivity index (χ0) is 13.0. The molecule has 0 saturated heterocycles. The second kappa shape index (κ2) is 5.45. The highest BCUT2D eigenvalue weighted by atomic mass is 16.5. The Labute approximate surface area is 107 Å². The summed E-state index contributed by atoms with van der Waals surface area (Å²) in [5.74, 6) is 0.889. The molecule has 0 unspecified atom stereocenters. The van der Waals surface area contributed by atoms with Crippen molar-refractivity contribution in [2.45, 2.75) is 6.42 Å². The van der Waals surface area contributed by atoms with E-state index in [1.54, 1.807) is 14.2 Å². The van der Waals surface area contributed by atoms with Crippen LogP contribution >= 0.6 is 0 Å². The van der Waals surface area contributed by atoms with Crippen molar-refractivity contribution in [2.75, 3.05) is 14.2 Å². The second-order valence-corrected chi connectivity index (χ2v) is 3.93. The molecule has 2 rings (SSSR count). The van der Waals surface area contributed by atoms with Crippen LogP contribution in [0.3, 0.4) is 0 Å². The number of benzene rings is 2. The molecular weight excluding hydrogens is 224 g/mol. The van der Waals surface area contributed by atoms with Crippen LogP contribution in [0.4, 0.5) is 5.69 Å². The first-order valence-electron chi connectivity index (χ1n) is 5.81. The highest BCUT2D eigenvalue weighted by Gasteiger charge is 2.11. The monoisotopic (exact) mass is 240 g/mol. The molecule has 0 radical (unpaired) electrons. The van der Waals surface area contributed by atoms with E-state index >= 15 is 0 Å². The van der Waals surface area contributed by atoms with Gasteiger partial charge in [-0.1, -0.05) is 30.3 Å². The van der Waals surface area contributed by atoms with Crippen molar-refractivity contribution in [1.29, 1.82) is 0 Å². The van der Waals surface area contributed by atoms with Crippen LogP contribution in [0.2, 0.25) is 0 Å². The smallest absolute Gasteiger partial charge is 0.130 e. The first-order chi connectivity index (χ1) is 8.81. The van der Waals surface area contributed by atoms with Crippen LogP contribution in [0.1, 0.15) is 5.56 Å². The Kier molecular flexibility index (Phi) is 3.72. The number of fused-ring (bicyclic) bond motifs is 1. The molecule has 2 aromatic carbocycles. The van der Waals surface area contributed by atoms with Crippen molar-refractivity contribution in [3.05, 3.63) is 48.6 Å². The molecule has 0 amide bonds. The maximum atomic E-state index is 5.52. The van der Waals surface area contributed by atoms with Gasteiger partial charge in [-0.25, -0.2) is 0 Å². The fraction of sp³-hybridized carbons (Fsp3) is 0.200. The van der Waals surface area contributed by atoms with Crippen LogP contribution in [0.5, 0.6) is 5.75 Å². The fourth-order valence-electron chi connectivity index (χ4n) is 2.12. The van der Waals surface area contributed by atoms with Crippen molar-refractivity contribution in [1.82, 2.24) is 0 Å². The lowest BCUT2D eigenvalue weighted by Gasteiger charge is -2.12. The number of ether oxygens (including phenoxy) is 1. The molecule has 0 spiro atoms. The Morgan fingerprint density at radius 3 is 2.61 bits per heavy atom. The zero-order valence-corrected chi connectivity index (χ0v) is 10.7. The maximum Gasteiger partial charge on any atom is 0.130 e. The molecule has 0 bridgehead atoms. The number of rotatable bonds is 4. The molecule has 92 valence electrons. The van der Waals surface area contributed by atoms with Gasteiger partial charge in [-0.05, 0) is 12.5 Å². The summed E-state index contributed by atoms with van der Waals surface area (Å²) in [6.45, 7) is 3.78. The van der Waals surface area contributed by atoms with Gasteiger partial charge in [0.25, 0.3) is 0 Å². The molecule has 2 aromatic rings. The van der Waals surface area contributed by atoms with Gasteiger partial charge in [0.2, 0.25) is 0 Å². The number of hydrogen-bond donors (Lipinski definition) is 0. The zero-order valence-electron chi connectivity index (χ0n) is 10.7. The van der Waals surface area contributed by atoms with Crippen LogP contribution in [-0.2, 0) is 6.42 Å². The summed E-state index contributed by atoms with van der Waals surface area (Å²) in [7, 11) is 3.36. The van der Waals surface area contributed by atoms with Crippen molar-refractivity contribution in [3.63, 3.8) is 0 Å². The van der Waals surface area contributed by atoms with Gasteiger partial charge in [-0.15, -0.1) is 6.58 Å². The first-order valence-corrected chi connectivity index (χ1v) is 5.81. The topological polar surface area (TPSA) is 34.0 Å². The lowest BCUT2D eigenvalue weighted by atomic mass is 10.0. The molecule has 0 saturated carbocycles. The van der Waals surface area contributed by atoms with E-state index in [-0.39, 0.29) is 0 Å². The lowest BCUT2D eigenvalue weighted by molar-refractivity contribution is 0.416. The largest absolute Gasteiger partial charge is 0.496 e. The predicted molar refractivity (Wildman–Crippen MR) is 74.8 cm³/mol. The highest BCUT2D eigenvalue weighted by molar-refractivity contribution is 5.97. The molecule has 0 aliphatic carbocycles. The summed E-state index contributed by atoms with van der Waals surface area (Å²) in [5, 5.41) is 10.2. The standard InChI is InChI=1S/C15H16N2O/c1-4-7-11-10-14(17-16-2)12-8-5-6-9-13(12)15(11)18-3/h4-6,8-10H,1,7H2,2-3H3. The third-order valence-corrected chi connectivity index (χ3v) is 2.83. The van der Waals surface area contributed by atoms with Gasteiger partial charge in [0.15, 0.2) is 0 Å². The highest BCUT2D eigenvalue weighted by Crippen LogP contribution is 2.37. The van der Waals surface area contributed by atoms with Crippen molar-refractivity contribution >= 4 is 16.5 Å². The molecule has 0 N–H and O–H groups in total. The van der Waals surface area contributed by atoms with Crippen LogP contribution in [0.15, 0.2) is 53.2 Å². The van der Waals surface area contributed by atoms with E-state index in [0.717, 1.165) is 34.2 Å². The summed E-state index contributed by atoms with van der Waals surface area (Å²) < 4.78 is 5.52. The molecule has 0 aromatic heterocycles. The van der Waals surface area contributed by atoms with Gasteiger partial charge >= 0.3 is 0 Å². The number of allylic oxidation sites excluding steroid dienone is 1. The number of methoxy groups -OCH3 is 1. The van der Waals surface area contributed by atoms with Crippen molar-refractivity contribution < 1.29 is 4.74 Å². The first kappa shape index (κ1) is 12.3. The van der Waals surface area contributed by atoms with E-state index in [1.165, 1.54) is 0 Å². The quantitative estimate of drug-likeness (QED) is 0.579. The van der Waals surface area contributed by atoms with Crippen LogP contribution < -0.4 is 4.74 Å². The molecule has 0 aliphatic rings. The van der Waals surface area contributed by atoms with Gasteiger partial charge < -0.3 is 4.74 Å². The maximum absolute atomic E-state index is 5.52. The Balaban J connectivity index is 2.81. The van der Waals surface area contributed by atoms with Gasteiger partial charge in [-0.2, -0.15) is 10.2 Å². The molecule has 0 atom stereocenters. The second-order valence-electron chi connectivity index (χ2n) is 3.93. The minimum Gasteiger partial charge on any atom is -0.496 e. The number of azo groups is 1. The SMILES string of the molecule is C=CCc1cc(N=NC)c2ccccc2c1OC. The normalized spacial score (nSPS) is 11.0. The van der Waals surface area contributed by atoms with Crippen LogP contribution in [0, 0.1) is 0 Å². The Morgan fingerprint density at radius 1 is 1.28 bits per heavy atom. The molecule has 3 heteroatoms. The van der Waals surface area contributed by atoms with E-state index in [9.17, 15) is 0 Å². The van der Waals surface area contributed by atoms with Gasteiger partial charge in [0, 0.05) is 23.4 Å². The van der Waals surface area contributed by atoms with E-state index in [4.69, 9.17) is 4.74 Å². The van der Waals surface area contributed by atoms with Crippen LogP contribution in [-0.4, -0.2) is 14.2 Å². The summed E-state index contributed by atoms with van der Waals surface area (Å²) in [5.41, 5.74) is 1.94. The minimum atomic E-state index is 0.750. The number of hydrogen-bond acceptors (Lipinski definition) is 3. The molecule has 0 aliphatic heterocycles. The molecule has 18 heavy (non-hydrogen) atoms. The summed E-state index contributed by atoms with van der Waals surface area (Å²) in [4.78, 5) is 0. The minimum absolute atomic E-state index is 0.750. The molecule has 3 nitrogen and oxygen atoms in total. The van der Waals surface area contributed by atoms with Gasteiger partial charge in [0.1, 0.15) is 5.75 Å². The molecule has 0 heterocycles. The number of nitrogens with zero attached hydrogens (tertiary/aromatic N) is 2. The Bertz CT molecular complexity index is 603. The van der Waals surface area contributed by atoms with E-state index in [2.05, 4.69) is 16.8 Å². The third kappa shape index (κ3) is 2.12. The van der Waals surface area contributed by atoms with E-state index < -0.39 is 0 Å². The molecule has 0 fully saturated rings. The Hall–Kier alpha value is -2.16. The average Bonchev–Trinajstić information content (AvgIpc) is 2.40. The average molecular weight is 240 g/mol. The summed E-state index contributed by atoms with van der Waals surface area (Å²) in [6.07, 6.45) is 2.61. The van der Waals surface area contributed by atoms with Gasteiger partial charge in [0.05, 0.1) is 12.8 Å². The van der Waals surface area contributed by atoms with E-state index in [1.807, 2.05) is 36.4 Å². The Morgan fingerprint density at radius 2 is 2.00 bits per heavy atom. The van der Waals surface area contributed by atoms with Crippen molar-refractivity contribution in [3.8, 4) is 5.75 Å². The summed E-state index contributed by atoms with van der Waals surface area (Å²) in [6, 6.07) is 10.1. The van der Waals surface area contributed by atoms with Crippen LogP contribution in [0.25, 0.3) is 10.8 Å².